The lowest BCUT2D eigenvalue weighted by Gasteiger charge is -2.15. The van der Waals surface area contributed by atoms with Crippen LogP contribution in [0.25, 0.3) is 0 Å². The molecule has 1 saturated carbocycles. The molecule has 1 N–H and O–H groups in total. The van der Waals surface area contributed by atoms with E-state index < -0.39 is 0 Å². The van der Waals surface area contributed by atoms with E-state index in [1.165, 1.54) is 32.1 Å². The van der Waals surface area contributed by atoms with Crippen LogP contribution in [0, 0.1) is 0 Å². The van der Waals surface area contributed by atoms with Crippen molar-refractivity contribution in [1.82, 2.24) is 10.2 Å². The Hall–Kier alpha value is -0.570. The number of hydrogen-bond acceptors (Lipinski definition) is 2. The van der Waals surface area contributed by atoms with Crippen LogP contribution in [-0.4, -0.2) is 37.0 Å². The SMILES string of the molecule is CCCCCN(C)CC(=O)NC1CC1. The molecule has 3 nitrogen and oxygen atoms in total. The van der Waals surface area contributed by atoms with Crippen LogP contribution in [0.3, 0.4) is 0 Å². The summed E-state index contributed by atoms with van der Waals surface area (Å²) < 4.78 is 0. The van der Waals surface area contributed by atoms with Crippen molar-refractivity contribution in [2.24, 2.45) is 0 Å². The Balaban J connectivity index is 1.99. The first kappa shape index (κ1) is 11.5. The maximum absolute atomic E-state index is 11.4. The Morgan fingerprint density at radius 3 is 2.71 bits per heavy atom. The highest BCUT2D eigenvalue weighted by Gasteiger charge is 2.23. The molecule has 0 spiro atoms. The molecule has 0 aromatic heterocycles. The molecule has 0 aromatic carbocycles. The largest absolute Gasteiger partial charge is 0.352 e. The van der Waals surface area contributed by atoms with Crippen LogP contribution in [0.15, 0.2) is 0 Å². The first-order valence-corrected chi connectivity index (χ1v) is 5.70. The molecule has 1 aliphatic rings. The number of carbonyl (C=O) groups is 1. The van der Waals surface area contributed by atoms with E-state index in [0.717, 1.165) is 6.54 Å². The Labute approximate surface area is 86.9 Å². The summed E-state index contributed by atoms with van der Waals surface area (Å²) in [6, 6.07) is 0.492. The molecule has 82 valence electrons. The molecule has 1 aliphatic carbocycles. The van der Waals surface area contributed by atoms with Crippen molar-refractivity contribution in [2.45, 2.75) is 45.1 Å². The zero-order chi connectivity index (χ0) is 10.4. The molecule has 1 fully saturated rings. The van der Waals surface area contributed by atoms with Crippen LogP contribution in [0.5, 0.6) is 0 Å². The molecule has 14 heavy (non-hydrogen) atoms. The minimum Gasteiger partial charge on any atom is -0.352 e. The monoisotopic (exact) mass is 198 g/mol. The van der Waals surface area contributed by atoms with E-state index in [-0.39, 0.29) is 5.91 Å². The lowest BCUT2D eigenvalue weighted by atomic mass is 10.2. The number of rotatable bonds is 7. The molecular weight excluding hydrogens is 176 g/mol. The van der Waals surface area contributed by atoms with Crippen LogP contribution < -0.4 is 5.32 Å². The topological polar surface area (TPSA) is 32.3 Å². The second-order valence-electron chi connectivity index (χ2n) is 4.29. The van der Waals surface area contributed by atoms with Gasteiger partial charge in [0.15, 0.2) is 0 Å². The lowest BCUT2D eigenvalue weighted by Crippen LogP contribution is -2.36. The van der Waals surface area contributed by atoms with Crippen LogP contribution in [0.4, 0.5) is 0 Å². The van der Waals surface area contributed by atoms with Gasteiger partial charge >= 0.3 is 0 Å². The van der Waals surface area contributed by atoms with Gasteiger partial charge in [-0.2, -0.15) is 0 Å². The molecule has 0 saturated heterocycles. The van der Waals surface area contributed by atoms with E-state index in [2.05, 4.69) is 17.1 Å². The summed E-state index contributed by atoms with van der Waals surface area (Å²) in [5.41, 5.74) is 0. The van der Waals surface area contributed by atoms with E-state index in [9.17, 15) is 4.79 Å². The van der Waals surface area contributed by atoms with Crippen molar-refractivity contribution in [1.29, 1.82) is 0 Å². The zero-order valence-corrected chi connectivity index (χ0v) is 9.38. The number of carbonyl (C=O) groups excluding carboxylic acids is 1. The van der Waals surface area contributed by atoms with Crippen molar-refractivity contribution in [2.75, 3.05) is 20.1 Å². The normalized spacial score (nSPS) is 15.9. The number of unbranched alkanes of at least 4 members (excludes halogenated alkanes) is 2. The van der Waals surface area contributed by atoms with Gasteiger partial charge in [0, 0.05) is 6.04 Å². The third-order valence-electron chi connectivity index (χ3n) is 2.50. The molecular formula is C11H22N2O. The number of hydrogen-bond donors (Lipinski definition) is 1. The van der Waals surface area contributed by atoms with Gasteiger partial charge in [0.25, 0.3) is 0 Å². The number of nitrogens with one attached hydrogen (secondary N) is 1. The summed E-state index contributed by atoms with van der Waals surface area (Å²) in [7, 11) is 2.02. The second-order valence-corrected chi connectivity index (χ2v) is 4.29. The molecule has 0 unspecified atom stereocenters. The average molecular weight is 198 g/mol. The smallest absolute Gasteiger partial charge is 0.234 e. The second kappa shape index (κ2) is 6.02. The molecule has 0 bridgehead atoms. The van der Waals surface area contributed by atoms with Gasteiger partial charge in [-0.25, -0.2) is 0 Å². The first-order valence-electron chi connectivity index (χ1n) is 5.70. The maximum Gasteiger partial charge on any atom is 0.234 e. The highest BCUT2D eigenvalue weighted by atomic mass is 16.2. The van der Waals surface area contributed by atoms with Gasteiger partial charge in [0.05, 0.1) is 6.54 Å². The summed E-state index contributed by atoms with van der Waals surface area (Å²) >= 11 is 0. The molecule has 0 aromatic rings. The maximum atomic E-state index is 11.4. The fraction of sp³-hybridized carbons (Fsp3) is 0.909. The molecule has 0 radical (unpaired) electrons. The Morgan fingerprint density at radius 2 is 2.14 bits per heavy atom. The van der Waals surface area contributed by atoms with E-state index in [4.69, 9.17) is 0 Å². The van der Waals surface area contributed by atoms with Gasteiger partial charge in [-0.3, -0.25) is 9.69 Å². The zero-order valence-electron chi connectivity index (χ0n) is 9.38. The van der Waals surface area contributed by atoms with E-state index in [1.54, 1.807) is 0 Å². The molecule has 1 rings (SSSR count). The summed E-state index contributed by atoms with van der Waals surface area (Å²) in [5, 5.41) is 2.99. The predicted octanol–water partition coefficient (Wildman–Crippen LogP) is 1.39. The lowest BCUT2D eigenvalue weighted by molar-refractivity contribution is -0.122. The van der Waals surface area contributed by atoms with E-state index in [0.29, 0.717) is 12.6 Å². The molecule has 0 aliphatic heterocycles. The summed E-state index contributed by atoms with van der Waals surface area (Å²) in [5.74, 6) is 0.187. The minimum atomic E-state index is 0.187. The van der Waals surface area contributed by atoms with Gasteiger partial charge in [0.2, 0.25) is 5.91 Å². The highest BCUT2D eigenvalue weighted by Crippen LogP contribution is 2.18. The number of likely N-dealkylation sites (N-methyl/N-ethyl adjacent to an activating group) is 1. The van der Waals surface area contributed by atoms with Gasteiger partial charge in [-0.1, -0.05) is 19.8 Å². The quantitative estimate of drug-likeness (QED) is 0.627. The molecule has 3 heteroatoms. The molecule has 1 amide bonds. The summed E-state index contributed by atoms with van der Waals surface area (Å²) in [6.45, 7) is 3.78. The summed E-state index contributed by atoms with van der Waals surface area (Å²) in [4.78, 5) is 13.5. The van der Waals surface area contributed by atoms with Gasteiger partial charge in [0.1, 0.15) is 0 Å². The van der Waals surface area contributed by atoms with Gasteiger partial charge in [-0.05, 0) is 32.9 Å². The Morgan fingerprint density at radius 1 is 1.43 bits per heavy atom. The van der Waals surface area contributed by atoms with Gasteiger partial charge < -0.3 is 5.32 Å². The van der Waals surface area contributed by atoms with E-state index in [1.807, 2.05) is 7.05 Å². The molecule has 0 heterocycles. The van der Waals surface area contributed by atoms with Gasteiger partial charge in [-0.15, -0.1) is 0 Å². The van der Waals surface area contributed by atoms with Crippen molar-refractivity contribution < 1.29 is 4.79 Å². The number of nitrogens with zero attached hydrogens (tertiary/aromatic N) is 1. The third-order valence-corrected chi connectivity index (χ3v) is 2.50. The Kier molecular flexibility index (Phi) is 4.94. The first-order chi connectivity index (χ1) is 6.72. The van der Waals surface area contributed by atoms with Crippen LogP contribution in [-0.2, 0) is 4.79 Å². The van der Waals surface area contributed by atoms with Crippen LogP contribution in [0.1, 0.15) is 39.0 Å². The minimum absolute atomic E-state index is 0.187. The standard InChI is InChI=1S/C11H22N2O/c1-3-4-5-8-13(2)9-11(14)12-10-6-7-10/h10H,3-9H2,1-2H3,(H,12,14). The van der Waals surface area contributed by atoms with Crippen molar-refractivity contribution in [3.8, 4) is 0 Å². The van der Waals surface area contributed by atoms with Crippen LogP contribution in [0.2, 0.25) is 0 Å². The van der Waals surface area contributed by atoms with Crippen molar-refractivity contribution in [3.63, 3.8) is 0 Å². The fourth-order valence-corrected chi connectivity index (χ4v) is 1.46. The number of amides is 1. The average Bonchev–Trinajstić information content (AvgIpc) is 2.88. The highest BCUT2D eigenvalue weighted by molar-refractivity contribution is 5.78. The predicted molar refractivity (Wildman–Crippen MR) is 58.2 cm³/mol. The fourth-order valence-electron chi connectivity index (χ4n) is 1.46. The third kappa shape index (κ3) is 5.22. The van der Waals surface area contributed by atoms with Crippen molar-refractivity contribution in [3.05, 3.63) is 0 Å². The molecule has 0 atom stereocenters. The summed E-state index contributed by atoms with van der Waals surface area (Å²) in [6.07, 6.45) is 6.04. The van der Waals surface area contributed by atoms with Crippen molar-refractivity contribution >= 4 is 5.91 Å². The Bertz CT molecular complexity index is 178. The van der Waals surface area contributed by atoms with Crippen LogP contribution >= 0.6 is 0 Å². The van der Waals surface area contributed by atoms with E-state index >= 15 is 0 Å².